The van der Waals surface area contributed by atoms with Crippen LogP contribution in [0.25, 0.3) is 0 Å². The first kappa shape index (κ1) is 14.9. The number of amides is 1. The molecule has 0 aliphatic rings. The van der Waals surface area contributed by atoms with Crippen LogP contribution in [0.1, 0.15) is 10.4 Å². The highest BCUT2D eigenvalue weighted by Crippen LogP contribution is 2.17. The van der Waals surface area contributed by atoms with Crippen molar-refractivity contribution in [3.63, 3.8) is 0 Å². The lowest BCUT2D eigenvalue weighted by atomic mass is 10.2. The molecule has 0 bridgehead atoms. The number of aromatic amines is 1. The van der Waals surface area contributed by atoms with Crippen LogP contribution in [0.15, 0.2) is 52.9 Å². The third-order valence-corrected chi connectivity index (χ3v) is 3.41. The smallest absolute Gasteiger partial charge is 0.277 e. The van der Waals surface area contributed by atoms with Crippen LogP contribution in [0, 0.1) is 0 Å². The van der Waals surface area contributed by atoms with Crippen LogP contribution in [0.3, 0.4) is 0 Å². The lowest BCUT2D eigenvalue weighted by Crippen LogP contribution is -2.23. The van der Waals surface area contributed by atoms with E-state index >= 15 is 0 Å². The molecule has 21 heavy (non-hydrogen) atoms. The Kier molecular flexibility index (Phi) is 4.78. The quantitative estimate of drug-likeness (QED) is 0.445. The summed E-state index contributed by atoms with van der Waals surface area (Å²) in [6, 6.07) is 8.54. The molecule has 108 valence electrons. The van der Waals surface area contributed by atoms with Crippen molar-refractivity contribution < 1.29 is 4.79 Å². The van der Waals surface area contributed by atoms with Crippen LogP contribution >= 0.6 is 11.8 Å². The van der Waals surface area contributed by atoms with Gasteiger partial charge in [-0.15, -0.1) is 6.58 Å². The van der Waals surface area contributed by atoms with Crippen LogP contribution < -0.4 is 16.6 Å². The fourth-order valence-corrected chi connectivity index (χ4v) is 2.17. The van der Waals surface area contributed by atoms with Crippen molar-refractivity contribution in [1.82, 2.24) is 9.97 Å². The minimum atomic E-state index is -0.488. The van der Waals surface area contributed by atoms with Gasteiger partial charge in [-0.05, 0) is 12.1 Å². The molecule has 0 aliphatic carbocycles. The van der Waals surface area contributed by atoms with Gasteiger partial charge in [0.2, 0.25) is 0 Å². The second-order valence-electron chi connectivity index (χ2n) is 4.05. The summed E-state index contributed by atoms with van der Waals surface area (Å²) in [5.74, 6) is 0.161. The van der Waals surface area contributed by atoms with Crippen LogP contribution in [-0.2, 0) is 0 Å². The highest BCUT2D eigenvalue weighted by Gasteiger charge is 2.13. The van der Waals surface area contributed by atoms with Crippen LogP contribution in [0.5, 0.6) is 0 Å². The normalized spacial score (nSPS) is 10.1. The summed E-state index contributed by atoms with van der Waals surface area (Å²) in [6.07, 6.45) is 1.69. The predicted octanol–water partition coefficient (Wildman–Crippen LogP) is 1.88. The van der Waals surface area contributed by atoms with E-state index in [4.69, 9.17) is 5.73 Å². The van der Waals surface area contributed by atoms with Gasteiger partial charge in [0.1, 0.15) is 5.69 Å². The molecule has 1 amide bonds. The van der Waals surface area contributed by atoms with Gasteiger partial charge in [-0.3, -0.25) is 14.6 Å². The van der Waals surface area contributed by atoms with Crippen molar-refractivity contribution in [3.05, 3.63) is 58.9 Å². The maximum Gasteiger partial charge on any atom is 0.277 e. The number of rotatable bonds is 5. The number of aromatic nitrogens is 2. The van der Waals surface area contributed by atoms with Crippen molar-refractivity contribution in [2.75, 3.05) is 16.8 Å². The Morgan fingerprint density at radius 2 is 2.14 bits per heavy atom. The Labute approximate surface area is 125 Å². The second-order valence-corrected chi connectivity index (χ2v) is 5.06. The number of hydrogen-bond donors (Lipinski definition) is 3. The van der Waals surface area contributed by atoms with Crippen molar-refractivity contribution >= 4 is 29.2 Å². The molecule has 2 rings (SSSR count). The molecule has 7 heteroatoms. The van der Waals surface area contributed by atoms with Crippen molar-refractivity contribution in [1.29, 1.82) is 0 Å². The standard InChI is InChI=1S/C14H14N4O2S/c1-2-8-21-14-17-11(15)10(13(20)18-14)16-12(19)9-6-4-3-5-7-9/h2-7H,1,8H2,(H,16,19)(H3,15,17,18,20). The van der Waals surface area contributed by atoms with Gasteiger partial charge in [0, 0.05) is 11.3 Å². The lowest BCUT2D eigenvalue weighted by molar-refractivity contribution is 0.102. The molecule has 0 radical (unpaired) electrons. The maximum atomic E-state index is 12.0. The molecule has 6 nitrogen and oxygen atoms in total. The van der Waals surface area contributed by atoms with E-state index in [0.717, 1.165) is 0 Å². The molecule has 0 aliphatic heterocycles. The number of benzene rings is 1. The molecule has 2 aromatic rings. The average Bonchev–Trinajstić information content (AvgIpc) is 2.49. The van der Waals surface area contributed by atoms with E-state index in [1.165, 1.54) is 11.8 Å². The zero-order valence-electron chi connectivity index (χ0n) is 11.1. The van der Waals surface area contributed by atoms with E-state index < -0.39 is 11.5 Å². The number of thioether (sulfide) groups is 1. The zero-order chi connectivity index (χ0) is 15.2. The van der Waals surface area contributed by atoms with Gasteiger partial charge < -0.3 is 11.1 Å². The van der Waals surface area contributed by atoms with E-state index in [-0.39, 0.29) is 11.5 Å². The Bertz CT molecular complexity index is 713. The molecule has 1 aromatic carbocycles. The third-order valence-electron chi connectivity index (χ3n) is 2.54. The average molecular weight is 302 g/mol. The Morgan fingerprint density at radius 3 is 2.76 bits per heavy atom. The van der Waals surface area contributed by atoms with E-state index in [1.54, 1.807) is 36.4 Å². The van der Waals surface area contributed by atoms with Gasteiger partial charge >= 0.3 is 0 Å². The van der Waals surface area contributed by atoms with Gasteiger partial charge in [-0.1, -0.05) is 36.0 Å². The molecular formula is C14H14N4O2S. The van der Waals surface area contributed by atoms with E-state index in [9.17, 15) is 9.59 Å². The van der Waals surface area contributed by atoms with Crippen LogP contribution in [0.2, 0.25) is 0 Å². The highest BCUT2D eigenvalue weighted by atomic mass is 32.2. The predicted molar refractivity (Wildman–Crippen MR) is 84.6 cm³/mol. The summed E-state index contributed by atoms with van der Waals surface area (Å²) in [6.45, 7) is 3.58. The fourth-order valence-electron chi connectivity index (χ4n) is 1.57. The minimum absolute atomic E-state index is 0.0189. The Balaban J connectivity index is 2.23. The van der Waals surface area contributed by atoms with Crippen LogP contribution in [-0.4, -0.2) is 21.6 Å². The van der Waals surface area contributed by atoms with E-state index in [2.05, 4.69) is 21.9 Å². The first-order valence-electron chi connectivity index (χ1n) is 6.11. The van der Waals surface area contributed by atoms with Gasteiger partial charge in [0.15, 0.2) is 11.0 Å². The van der Waals surface area contributed by atoms with Gasteiger partial charge in [-0.2, -0.15) is 0 Å². The van der Waals surface area contributed by atoms with E-state index in [1.807, 2.05) is 0 Å². The molecule has 1 heterocycles. The number of nitrogen functional groups attached to an aromatic ring is 1. The Hall–Kier alpha value is -2.54. The van der Waals surface area contributed by atoms with Gasteiger partial charge in [0.25, 0.3) is 11.5 Å². The number of nitrogens with two attached hydrogens (primary N) is 1. The summed E-state index contributed by atoms with van der Waals surface area (Å²) in [5.41, 5.74) is 5.63. The number of anilines is 2. The molecule has 0 atom stereocenters. The SMILES string of the molecule is C=CCSc1nc(N)c(NC(=O)c2ccccc2)c(=O)[nH]1. The summed E-state index contributed by atoms with van der Waals surface area (Å²) in [5, 5.41) is 2.86. The molecule has 0 saturated carbocycles. The minimum Gasteiger partial charge on any atom is -0.382 e. The largest absolute Gasteiger partial charge is 0.382 e. The number of H-pyrrole nitrogens is 1. The summed E-state index contributed by atoms with van der Waals surface area (Å²) >= 11 is 1.30. The number of carbonyl (C=O) groups excluding carboxylic acids is 1. The second kappa shape index (κ2) is 6.76. The number of nitrogens with one attached hydrogen (secondary N) is 2. The fraction of sp³-hybridized carbons (Fsp3) is 0.0714. The first-order chi connectivity index (χ1) is 10.1. The lowest BCUT2D eigenvalue weighted by Gasteiger charge is -2.08. The topological polar surface area (TPSA) is 101 Å². The molecule has 0 saturated heterocycles. The molecule has 0 spiro atoms. The number of nitrogens with zero attached hydrogens (tertiary/aromatic N) is 1. The van der Waals surface area contributed by atoms with Gasteiger partial charge in [0.05, 0.1) is 0 Å². The van der Waals surface area contributed by atoms with Crippen molar-refractivity contribution in [3.8, 4) is 0 Å². The highest BCUT2D eigenvalue weighted by molar-refractivity contribution is 7.99. The maximum absolute atomic E-state index is 12.0. The van der Waals surface area contributed by atoms with E-state index in [0.29, 0.717) is 16.5 Å². The van der Waals surface area contributed by atoms with Crippen molar-refractivity contribution in [2.45, 2.75) is 5.16 Å². The molecular weight excluding hydrogens is 288 g/mol. The first-order valence-corrected chi connectivity index (χ1v) is 7.10. The monoisotopic (exact) mass is 302 g/mol. The zero-order valence-corrected chi connectivity index (χ0v) is 11.9. The summed E-state index contributed by atoms with van der Waals surface area (Å²) < 4.78 is 0. The molecule has 4 N–H and O–H groups in total. The molecule has 0 fully saturated rings. The molecule has 0 unspecified atom stereocenters. The van der Waals surface area contributed by atoms with Gasteiger partial charge in [-0.25, -0.2) is 4.98 Å². The summed E-state index contributed by atoms with van der Waals surface area (Å²) in [4.78, 5) is 30.6. The van der Waals surface area contributed by atoms with Crippen LogP contribution in [0.4, 0.5) is 11.5 Å². The Morgan fingerprint density at radius 1 is 1.43 bits per heavy atom. The third kappa shape index (κ3) is 3.73. The number of carbonyl (C=O) groups is 1. The number of hydrogen-bond acceptors (Lipinski definition) is 5. The summed E-state index contributed by atoms with van der Waals surface area (Å²) in [7, 11) is 0. The molecule has 1 aromatic heterocycles. The van der Waals surface area contributed by atoms with Crippen molar-refractivity contribution in [2.24, 2.45) is 0 Å².